The number of allylic oxidation sites excluding steroid dienone is 4. The van der Waals surface area contributed by atoms with Crippen molar-refractivity contribution in [1.82, 2.24) is 4.57 Å². The average molecular weight is 456 g/mol. The topological polar surface area (TPSA) is 4.93 Å². The lowest BCUT2D eigenvalue weighted by Gasteiger charge is -2.15. The number of hydrogen-bond donors (Lipinski definition) is 0. The van der Waals surface area contributed by atoms with Gasteiger partial charge in [0.25, 0.3) is 0 Å². The zero-order chi connectivity index (χ0) is 24.4. The van der Waals surface area contributed by atoms with Crippen molar-refractivity contribution in [2.75, 3.05) is 0 Å². The average Bonchev–Trinajstić information content (AvgIpc) is 3.19. The lowest BCUT2D eigenvalue weighted by atomic mass is 9.91. The molecule has 0 saturated heterocycles. The molecular weight excluding hydrogens is 422 g/mol. The normalized spacial score (nSPS) is 12.3. The molecule has 0 amide bonds. The van der Waals surface area contributed by atoms with E-state index < -0.39 is 0 Å². The van der Waals surface area contributed by atoms with Crippen LogP contribution < -0.4 is 0 Å². The van der Waals surface area contributed by atoms with Crippen molar-refractivity contribution in [3.05, 3.63) is 120 Å². The Bertz CT molecular complexity index is 1570. The summed E-state index contributed by atoms with van der Waals surface area (Å²) in [5.74, 6) is 0. The summed E-state index contributed by atoms with van der Waals surface area (Å²) in [5, 5.41) is 3.85. The molecule has 1 heterocycles. The lowest BCUT2D eigenvalue weighted by molar-refractivity contribution is 0.923. The SMILES string of the molecule is C/C=C\C(=C/C)c1ccc(CCC)c(-c2c(C)n(-c3cccc4ccccc34)c3ccccc23)c1. The zero-order valence-corrected chi connectivity index (χ0v) is 21.2. The molecule has 1 heteroatoms. The predicted octanol–water partition coefficient (Wildman–Crippen LogP) is 9.69. The number of benzene rings is 4. The van der Waals surface area contributed by atoms with Crippen LogP contribution in [0.25, 0.3) is 44.1 Å². The van der Waals surface area contributed by atoms with Gasteiger partial charge in [-0.15, -0.1) is 0 Å². The van der Waals surface area contributed by atoms with Crippen LogP contribution in [0, 0.1) is 6.92 Å². The molecule has 5 aromatic rings. The number of rotatable bonds is 6. The third-order valence-corrected chi connectivity index (χ3v) is 7.01. The van der Waals surface area contributed by atoms with Gasteiger partial charge in [-0.05, 0) is 73.0 Å². The van der Waals surface area contributed by atoms with Crippen LogP contribution in [-0.2, 0) is 6.42 Å². The largest absolute Gasteiger partial charge is 0.313 e. The summed E-state index contributed by atoms with van der Waals surface area (Å²) in [5.41, 5.74) is 10.4. The van der Waals surface area contributed by atoms with Gasteiger partial charge in [0.15, 0.2) is 0 Å². The Balaban J connectivity index is 1.85. The van der Waals surface area contributed by atoms with Gasteiger partial charge in [0.05, 0.1) is 11.2 Å². The number of para-hydroxylation sites is 1. The molecule has 35 heavy (non-hydrogen) atoms. The van der Waals surface area contributed by atoms with Crippen molar-refractivity contribution < 1.29 is 0 Å². The molecule has 0 N–H and O–H groups in total. The Morgan fingerprint density at radius 3 is 2.34 bits per heavy atom. The van der Waals surface area contributed by atoms with Gasteiger partial charge in [-0.2, -0.15) is 0 Å². The fraction of sp³-hybridized carbons (Fsp3) is 0.176. The minimum atomic E-state index is 1.07. The molecule has 0 aliphatic carbocycles. The summed E-state index contributed by atoms with van der Waals surface area (Å²) in [6.45, 7) is 8.74. The van der Waals surface area contributed by atoms with Gasteiger partial charge in [0, 0.05) is 22.0 Å². The molecule has 0 unspecified atom stereocenters. The molecule has 0 radical (unpaired) electrons. The van der Waals surface area contributed by atoms with E-state index in [1.165, 1.54) is 60.9 Å². The first kappa shape index (κ1) is 22.9. The molecular formula is C34H33N. The van der Waals surface area contributed by atoms with Crippen LogP contribution in [0.2, 0.25) is 0 Å². The Morgan fingerprint density at radius 1 is 0.829 bits per heavy atom. The summed E-state index contributed by atoms with van der Waals surface area (Å²) in [7, 11) is 0. The Labute approximate surface area is 209 Å². The van der Waals surface area contributed by atoms with Crippen molar-refractivity contribution in [3.63, 3.8) is 0 Å². The fourth-order valence-electron chi connectivity index (χ4n) is 5.44. The van der Waals surface area contributed by atoms with E-state index in [1.54, 1.807) is 0 Å². The highest BCUT2D eigenvalue weighted by Crippen LogP contribution is 2.40. The molecule has 0 bridgehead atoms. The minimum Gasteiger partial charge on any atom is -0.313 e. The summed E-state index contributed by atoms with van der Waals surface area (Å²) >= 11 is 0. The van der Waals surface area contributed by atoms with Crippen LogP contribution >= 0.6 is 0 Å². The molecule has 1 nitrogen and oxygen atoms in total. The molecule has 0 aliphatic rings. The van der Waals surface area contributed by atoms with Crippen molar-refractivity contribution >= 4 is 27.2 Å². The third kappa shape index (κ3) is 4.02. The maximum atomic E-state index is 2.46. The number of hydrogen-bond acceptors (Lipinski definition) is 0. The van der Waals surface area contributed by atoms with Crippen LogP contribution in [0.15, 0.2) is 103 Å². The monoisotopic (exact) mass is 455 g/mol. The molecule has 0 spiro atoms. The molecule has 4 aromatic carbocycles. The second-order valence-corrected chi connectivity index (χ2v) is 9.18. The summed E-state index contributed by atoms with van der Waals surface area (Å²) < 4.78 is 2.46. The van der Waals surface area contributed by atoms with E-state index >= 15 is 0 Å². The highest BCUT2D eigenvalue weighted by Gasteiger charge is 2.20. The van der Waals surface area contributed by atoms with E-state index in [0.717, 1.165) is 12.8 Å². The van der Waals surface area contributed by atoms with Gasteiger partial charge in [0.1, 0.15) is 0 Å². The van der Waals surface area contributed by atoms with Crippen molar-refractivity contribution in [2.45, 2.75) is 40.5 Å². The van der Waals surface area contributed by atoms with Gasteiger partial charge >= 0.3 is 0 Å². The molecule has 0 saturated carbocycles. The maximum absolute atomic E-state index is 2.46. The lowest BCUT2D eigenvalue weighted by Crippen LogP contribution is -1.99. The first-order chi connectivity index (χ1) is 17.2. The van der Waals surface area contributed by atoms with Crippen molar-refractivity contribution in [2.24, 2.45) is 0 Å². The highest BCUT2D eigenvalue weighted by molar-refractivity contribution is 6.02. The van der Waals surface area contributed by atoms with Crippen LogP contribution in [0.3, 0.4) is 0 Å². The molecule has 0 atom stereocenters. The second kappa shape index (κ2) is 9.80. The van der Waals surface area contributed by atoms with E-state index in [9.17, 15) is 0 Å². The van der Waals surface area contributed by atoms with Crippen LogP contribution in [0.4, 0.5) is 0 Å². The third-order valence-electron chi connectivity index (χ3n) is 7.01. The number of aryl methyl sites for hydroxylation is 1. The second-order valence-electron chi connectivity index (χ2n) is 9.18. The van der Waals surface area contributed by atoms with Gasteiger partial charge < -0.3 is 4.57 Å². The van der Waals surface area contributed by atoms with E-state index in [-0.39, 0.29) is 0 Å². The molecule has 174 valence electrons. The standard InChI is InChI=1S/C34H33N/c1-5-13-25(7-3)28-22-21-26(14-6-2)31(23-28)34-24(4)35(33-19-11-10-18-30(33)34)32-20-12-16-27-15-8-9-17-29(27)32/h5,7-13,15-23H,6,14H2,1-4H3/b13-5-,25-7+. The summed E-state index contributed by atoms with van der Waals surface area (Å²) in [6, 6.07) is 31.2. The minimum absolute atomic E-state index is 1.07. The summed E-state index contributed by atoms with van der Waals surface area (Å²) in [6.07, 6.45) is 8.71. The van der Waals surface area contributed by atoms with Crippen LogP contribution in [0.1, 0.15) is 44.0 Å². The van der Waals surface area contributed by atoms with Crippen molar-refractivity contribution in [1.29, 1.82) is 0 Å². The smallest absolute Gasteiger partial charge is 0.0538 e. The Kier molecular flexibility index (Phi) is 6.42. The van der Waals surface area contributed by atoms with Gasteiger partial charge in [-0.1, -0.05) is 98.3 Å². The van der Waals surface area contributed by atoms with Crippen molar-refractivity contribution in [3.8, 4) is 16.8 Å². The van der Waals surface area contributed by atoms with Crippen LogP contribution in [0.5, 0.6) is 0 Å². The van der Waals surface area contributed by atoms with Gasteiger partial charge in [-0.3, -0.25) is 0 Å². The van der Waals surface area contributed by atoms with E-state index in [2.05, 4.69) is 135 Å². The fourth-order valence-corrected chi connectivity index (χ4v) is 5.44. The molecule has 0 fully saturated rings. The number of aromatic nitrogens is 1. The number of nitrogens with zero attached hydrogens (tertiary/aromatic N) is 1. The number of fused-ring (bicyclic) bond motifs is 2. The Morgan fingerprint density at radius 2 is 1.57 bits per heavy atom. The van der Waals surface area contributed by atoms with E-state index in [1.807, 2.05) is 0 Å². The van der Waals surface area contributed by atoms with Gasteiger partial charge in [0.2, 0.25) is 0 Å². The predicted molar refractivity (Wildman–Crippen MR) is 153 cm³/mol. The Hall–Kier alpha value is -3.84. The zero-order valence-electron chi connectivity index (χ0n) is 21.2. The van der Waals surface area contributed by atoms with E-state index in [4.69, 9.17) is 0 Å². The van der Waals surface area contributed by atoms with Gasteiger partial charge in [-0.25, -0.2) is 0 Å². The quantitative estimate of drug-likeness (QED) is 0.225. The summed E-state index contributed by atoms with van der Waals surface area (Å²) in [4.78, 5) is 0. The maximum Gasteiger partial charge on any atom is 0.0538 e. The van der Waals surface area contributed by atoms with E-state index in [0.29, 0.717) is 0 Å². The first-order valence-corrected chi connectivity index (χ1v) is 12.7. The molecule has 5 rings (SSSR count). The van der Waals surface area contributed by atoms with Crippen LogP contribution in [-0.4, -0.2) is 4.57 Å². The highest BCUT2D eigenvalue weighted by atomic mass is 15.0. The molecule has 0 aliphatic heterocycles. The molecule has 1 aromatic heterocycles. The first-order valence-electron chi connectivity index (χ1n) is 12.7.